The maximum Gasteiger partial charge on any atom is 0.582 e. The topological polar surface area (TPSA) is 55.4 Å². The lowest BCUT2D eigenvalue weighted by Gasteiger charge is -2.45. The molecule has 0 unspecified atom stereocenters. The Hall–Kier alpha value is -2.19. The fourth-order valence-electron chi connectivity index (χ4n) is 5.27. The van der Waals surface area contributed by atoms with Crippen LogP contribution in [0.1, 0.15) is 67.2 Å². The Morgan fingerprint density at radius 1 is 0.216 bits per heavy atom. The number of hydrogen-bond donors (Lipinski definition) is 0. The van der Waals surface area contributed by atoms with E-state index >= 15 is 0 Å². The molecule has 0 aliphatic carbocycles. The van der Waals surface area contributed by atoms with Crippen LogP contribution in [0.15, 0.2) is 0 Å². The van der Waals surface area contributed by atoms with Crippen molar-refractivity contribution in [1.82, 2.24) is 0 Å². The van der Waals surface area contributed by atoms with Crippen LogP contribution in [0.3, 0.4) is 0 Å². The predicted octanol–water partition coefficient (Wildman–Crippen LogP) is 14.7. The molecule has 448 valence electrons. The van der Waals surface area contributed by atoms with Gasteiger partial charge in [-0.3, -0.25) is 0 Å². The molecular formula is C32H38F34O6Si2. The zero-order valence-corrected chi connectivity index (χ0v) is 39.4. The van der Waals surface area contributed by atoms with E-state index in [1.807, 2.05) is 0 Å². The zero-order valence-electron chi connectivity index (χ0n) is 37.4. The van der Waals surface area contributed by atoms with Crippen LogP contribution >= 0.6 is 0 Å². The molecule has 0 fully saturated rings. The average Bonchev–Trinajstić information content (AvgIpc) is 3.21. The van der Waals surface area contributed by atoms with Crippen LogP contribution in [0.25, 0.3) is 0 Å². The van der Waals surface area contributed by atoms with Crippen LogP contribution in [0.5, 0.6) is 0 Å². The second-order valence-corrected chi connectivity index (χ2v) is 19.5. The molecule has 0 saturated heterocycles. The second-order valence-electron chi connectivity index (χ2n) is 14.2. The summed E-state index contributed by atoms with van der Waals surface area (Å²) in [6, 6.07) is 0. The molecule has 0 aliphatic heterocycles. The van der Waals surface area contributed by atoms with E-state index in [-0.39, 0.29) is 0 Å². The van der Waals surface area contributed by atoms with Gasteiger partial charge in [-0.05, 0) is 41.5 Å². The van der Waals surface area contributed by atoms with E-state index in [0.29, 0.717) is 0 Å². The standard InChI is InChI=1S/2C16H19F17O3Si/c2*1-4-34-37(35-5-2,36-6-3)16(32,33)15(30,31)14(28,29)13(26,27)12(24,25)11(22,23)9(17,18)7-8-10(19,20)21/h2*4-8H2,1-3H3. The molecule has 0 saturated carbocycles. The van der Waals surface area contributed by atoms with Gasteiger partial charge < -0.3 is 26.6 Å². The summed E-state index contributed by atoms with van der Waals surface area (Å²) in [4.78, 5) is 0. The normalized spacial score (nSPS) is 15.9. The average molecular weight is 1220 g/mol. The smallest absolute Gasteiger partial charge is 0.370 e. The molecule has 0 spiro atoms. The van der Waals surface area contributed by atoms with Crippen molar-refractivity contribution < 1.29 is 176 Å². The van der Waals surface area contributed by atoms with Crippen molar-refractivity contribution in [3.05, 3.63) is 0 Å². The largest absolute Gasteiger partial charge is 0.582 e. The first-order valence-corrected chi connectivity index (χ1v) is 23.0. The Bertz CT molecular complexity index is 1600. The molecule has 6 nitrogen and oxygen atoms in total. The van der Waals surface area contributed by atoms with Crippen LogP contribution in [0, 0.1) is 0 Å². The Balaban J connectivity index is 0. The zero-order chi connectivity index (χ0) is 60.3. The van der Waals surface area contributed by atoms with Crippen molar-refractivity contribution in [2.75, 3.05) is 39.6 Å². The highest BCUT2D eigenvalue weighted by molar-refractivity contribution is 6.64. The molecule has 0 heterocycles. The molecule has 0 aromatic carbocycles. The summed E-state index contributed by atoms with van der Waals surface area (Å²) in [6.45, 7) is -2.10. The van der Waals surface area contributed by atoms with Crippen LogP contribution in [-0.2, 0) is 26.6 Å². The lowest BCUT2D eigenvalue weighted by atomic mass is 9.90. The summed E-state index contributed by atoms with van der Waals surface area (Å²) in [6.07, 6.45) is -24.4. The first kappa shape index (κ1) is 73.9. The molecule has 0 N–H and O–H groups in total. The lowest BCUT2D eigenvalue weighted by molar-refractivity contribution is -0.439. The predicted molar refractivity (Wildman–Crippen MR) is 181 cm³/mol. The first-order valence-electron chi connectivity index (χ1n) is 19.5. The van der Waals surface area contributed by atoms with E-state index < -0.39 is 177 Å². The monoisotopic (exact) mass is 1220 g/mol. The van der Waals surface area contributed by atoms with Gasteiger partial charge in [0.25, 0.3) is 0 Å². The van der Waals surface area contributed by atoms with E-state index in [1.165, 1.54) is 0 Å². The van der Waals surface area contributed by atoms with Crippen molar-refractivity contribution >= 4 is 17.6 Å². The van der Waals surface area contributed by atoms with Crippen molar-refractivity contribution in [1.29, 1.82) is 0 Å². The summed E-state index contributed by atoms with van der Waals surface area (Å²) in [5.74, 6) is -95.3. The third-order valence-electron chi connectivity index (χ3n) is 9.08. The van der Waals surface area contributed by atoms with E-state index in [9.17, 15) is 149 Å². The highest BCUT2D eigenvalue weighted by atomic mass is 28.4. The number of hydrogen-bond acceptors (Lipinski definition) is 6. The molecule has 0 bridgehead atoms. The summed E-state index contributed by atoms with van der Waals surface area (Å²) in [5.41, 5.74) is -13.6. The van der Waals surface area contributed by atoms with Gasteiger partial charge in [0.1, 0.15) is 0 Å². The Morgan fingerprint density at radius 2 is 0.365 bits per heavy atom. The van der Waals surface area contributed by atoms with Gasteiger partial charge in [-0.15, -0.1) is 0 Å². The van der Waals surface area contributed by atoms with Crippen LogP contribution in [-0.4, -0.2) is 152 Å². The lowest BCUT2D eigenvalue weighted by Crippen LogP contribution is -2.78. The summed E-state index contributed by atoms with van der Waals surface area (Å²) in [5, 5.41) is 0. The Kier molecular flexibility index (Phi) is 23.2. The van der Waals surface area contributed by atoms with E-state index in [0.717, 1.165) is 41.5 Å². The minimum atomic E-state index is -8.44. The number of halogens is 34. The minimum absolute atomic E-state index is 0.762. The van der Waals surface area contributed by atoms with E-state index in [1.54, 1.807) is 0 Å². The Morgan fingerprint density at radius 3 is 0.514 bits per heavy atom. The van der Waals surface area contributed by atoms with Crippen molar-refractivity contribution in [2.45, 2.75) is 162 Å². The van der Waals surface area contributed by atoms with Crippen molar-refractivity contribution in [3.63, 3.8) is 0 Å². The molecule has 74 heavy (non-hydrogen) atoms. The second kappa shape index (κ2) is 23.3. The summed E-state index contributed by atoms with van der Waals surface area (Å²) >= 11 is 0. The molecular weight excluding hydrogens is 1180 g/mol. The highest BCUT2D eigenvalue weighted by Gasteiger charge is 2.97. The van der Waals surface area contributed by atoms with Gasteiger partial charge in [-0.25, -0.2) is 0 Å². The molecule has 0 amide bonds. The first-order chi connectivity index (χ1) is 32.3. The van der Waals surface area contributed by atoms with Crippen LogP contribution in [0.4, 0.5) is 149 Å². The van der Waals surface area contributed by atoms with Crippen molar-refractivity contribution in [2.24, 2.45) is 0 Å². The van der Waals surface area contributed by atoms with Crippen molar-refractivity contribution in [3.8, 4) is 0 Å². The molecule has 0 aromatic heterocycles. The third kappa shape index (κ3) is 12.6. The number of rotatable bonds is 30. The van der Waals surface area contributed by atoms with Gasteiger partial charge in [0.2, 0.25) is 0 Å². The maximum atomic E-state index is 14.7. The fourth-order valence-corrected chi connectivity index (χ4v) is 10.2. The van der Waals surface area contributed by atoms with Gasteiger partial charge >= 0.3 is 112 Å². The highest BCUT2D eigenvalue weighted by Crippen LogP contribution is 2.66. The van der Waals surface area contributed by atoms with Gasteiger partial charge in [-0.2, -0.15) is 149 Å². The van der Waals surface area contributed by atoms with Gasteiger partial charge in [0.05, 0.1) is 0 Å². The summed E-state index contributed by atoms with van der Waals surface area (Å²) in [7, 11) is -13.2. The van der Waals surface area contributed by atoms with E-state index in [4.69, 9.17) is 0 Å². The van der Waals surface area contributed by atoms with E-state index in [2.05, 4.69) is 26.6 Å². The molecule has 0 radical (unpaired) electrons. The number of alkyl halides is 34. The SMILES string of the molecule is CCO[Si](OCC)(OCC)C(F)(F)C(F)(F)C(F)(F)C(F)(F)C(F)(F)C(F)(F)C(F)(F)CCC(F)(F)F.CCO[Si](OCC)(OCC)C(F)(F)C(F)(F)C(F)(F)C(F)(F)C(F)(F)C(F)(F)C(F)(F)CCC(F)(F)F. The minimum Gasteiger partial charge on any atom is -0.370 e. The molecule has 0 aromatic rings. The van der Waals surface area contributed by atoms with Crippen LogP contribution < -0.4 is 0 Å². The molecule has 0 aliphatic rings. The maximum absolute atomic E-state index is 14.7. The quantitative estimate of drug-likeness (QED) is 0.0528. The molecule has 42 heteroatoms. The van der Waals surface area contributed by atoms with Gasteiger partial charge in [0, 0.05) is 65.3 Å². The molecule has 0 atom stereocenters. The molecule has 0 rings (SSSR count). The summed E-state index contributed by atoms with van der Waals surface area (Å²) < 4.78 is 490. The third-order valence-corrected chi connectivity index (χ3v) is 15.3. The van der Waals surface area contributed by atoms with Gasteiger partial charge in [0.15, 0.2) is 0 Å². The van der Waals surface area contributed by atoms with Crippen LogP contribution in [0.2, 0.25) is 0 Å². The fraction of sp³-hybridized carbons (Fsp3) is 1.00. The van der Waals surface area contributed by atoms with Gasteiger partial charge in [-0.1, -0.05) is 0 Å². The Labute approximate surface area is 395 Å².